The molecule has 1 unspecified atom stereocenters. The SMILES string of the molecule is CCCCCCCCCCCCS(=O)(=O)CC(C)C(=O)NCCC(=O)OCC(C)(C)c1nnc2c(Cl)c(C)[nH]n12. The van der Waals surface area contributed by atoms with Crippen LogP contribution in [0.2, 0.25) is 5.02 Å². The van der Waals surface area contributed by atoms with Crippen molar-refractivity contribution in [1.29, 1.82) is 0 Å². The Labute approximate surface area is 244 Å². The number of unbranched alkanes of at least 4 members (excludes halogenated alkanes) is 9. The Balaban J connectivity index is 1.62. The minimum absolute atomic E-state index is 0.0252. The van der Waals surface area contributed by atoms with E-state index in [1.54, 1.807) is 11.4 Å². The van der Waals surface area contributed by atoms with Gasteiger partial charge in [-0.3, -0.25) is 14.7 Å². The largest absolute Gasteiger partial charge is 0.465 e. The molecule has 0 fully saturated rings. The summed E-state index contributed by atoms with van der Waals surface area (Å²) in [5.41, 5.74) is 0.629. The molecule has 0 aliphatic rings. The normalized spacial score (nSPS) is 13.1. The molecule has 0 aliphatic carbocycles. The molecule has 2 aromatic rings. The molecule has 0 spiro atoms. The summed E-state index contributed by atoms with van der Waals surface area (Å²) in [6, 6.07) is 0. The van der Waals surface area contributed by atoms with Gasteiger partial charge in [-0.25, -0.2) is 12.9 Å². The van der Waals surface area contributed by atoms with Crippen molar-refractivity contribution in [3.63, 3.8) is 0 Å². The Bertz CT molecular complexity index is 1190. The van der Waals surface area contributed by atoms with Gasteiger partial charge in [-0.1, -0.05) is 83.2 Å². The van der Waals surface area contributed by atoms with E-state index in [1.165, 1.54) is 38.5 Å². The standard InChI is InChI=1S/C28H48ClN5O5S/c1-6-7-8-9-10-11-12-13-14-15-18-40(37,38)19-21(2)26(36)30-17-16-23(35)39-20-28(4,5)27-32-31-25-24(29)22(3)33-34(25)27/h21,33H,6-20H2,1-5H3,(H,30,36). The summed E-state index contributed by atoms with van der Waals surface area (Å²) in [4.78, 5) is 24.7. The number of ether oxygens (including phenoxy) is 1. The Morgan fingerprint density at radius 1 is 1.05 bits per heavy atom. The van der Waals surface area contributed by atoms with Gasteiger partial charge >= 0.3 is 5.97 Å². The summed E-state index contributed by atoms with van der Waals surface area (Å²) in [6.45, 7) is 9.52. The minimum Gasteiger partial charge on any atom is -0.465 e. The summed E-state index contributed by atoms with van der Waals surface area (Å²) in [5.74, 6) is -1.05. The molecule has 2 heterocycles. The van der Waals surface area contributed by atoms with E-state index in [4.69, 9.17) is 16.3 Å². The van der Waals surface area contributed by atoms with Crippen LogP contribution in [0.5, 0.6) is 0 Å². The number of aromatic nitrogens is 4. The molecule has 12 heteroatoms. The van der Waals surface area contributed by atoms with Crippen LogP contribution in [0.1, 0.15) is 110 Å². The van der Waals surface area contributed by atoms with Crippen molar-refractivity contribution in [2.45, 2.75) is 111 Å². The second-order valence-electron chi connectivity index (χ2n) is 11.5. The predicted molar refractivity (Wildman–Crippen MR) is 158 cm³/mol. The van der Waals surface area contributed by atoms with Crippen molar-refractivity contribution >= 4 is 39.0 Å². The van der Waals surface area contributed by atoms with E-state index in [2.05, 4.69) is 27.5 Å². The molecule has 0 bridgehead atoms. The van der Waals surface area contributed by atoms with Gasteiger partial charge in [0.2, 0.25) is 5.91 Å². The number of amides is 1. The maximum absolute atomic E-state index is 12.5. The van der Waals surface area contributed by atoms with Gasteiger partial charge in [-0.15, -0.1) is 10.2 Å². The molecule has 1 atom stereocenters. The number of hydrogen-bond donors (Lipinski definition) is 2. The number of nitrogens with one attached hydrogen (secondary N) is 2. The molecule has 0 aliphatic heterocycles. The fourth-order valence-electron chi connectivity index (χ4n) is 4.56. The van der Waals surface area contributed by atoms with Gasteiger partial charge in [0.05, 0.1) is 29.0 Å². The number of aryl methyl sites for hydroxylation is 1. The molecule has 0 saturated heterocycles. The third kappa shape index (κ3) is 11.0. The second-order valence-corrected chi connectivity index (χ2v) is 14.1. The Kier molecular flexibility index (Phi) is 13.9. The van der Waals surface area contributed by atoms with Crippen molar-refractivity contribution in [3.05, 3.63) is 16.5 Å². The molecule has 1 amide bonds. The number of carbonyl (C=O) groups is 2. The van der Waals surface area contributed by atoms with Crippen LogP contribution in [-0.2, 0) is 29.6 Å². The van der Waals surface area contributed by atoms with Gasteiger partial charge in [0.15, 0.2) is 21.3 Å². The van der Waals surface area contributed by atoms with Crippen LogP contribution in [-0.4, -0.2) is 64.8 Å². The molecular weight excluding hydrogens is 554 g/mol. The first-order valence-electron chi connectivity index (χ1n) is 14.6. The molecular formula is C28H48ClN5O5S. The topological polar surface area (TPSA) is 136 Å². The van der Waals surface area contributed by atoms with Crippen LogP contribution in [0, 0.1) is 12.8 Å². The monoisotopic (exact) mass is 601 g/mol. The number of halogens is 1. The molecule has 10 nitrogen and oxygen atoms in total. The summed E-state index contributed by atoms with van der Waals surface area (Å²) in [6.07, 6.45) is 11.3. The Hall–Kier alpha value is -2.14. The lowest BCUT2D eigenvalue weighted by molar-refractivity contribution is -0.145. The van der Waals surface area contributed by atoms with Gasteiger partial charge < -0.3 is 10.1 Å². The highest BCUT2D eigenvalue weighted by Gasteiger charge is 2.30. The Morgan fingerprint density at radius 2 is 1.65 bits per heavy atom. The zero-order chi connectivity index (χ0) is 29.8. The first kappa shape index (κ1) is 34.1. The molecule has 40 heavy (non-hydrogen) atoms. The van der Waals surface area contributed by atoms with E-state index in [0.29, 0.717) is 22.9 Å². The average molecular weight is 602 g/mol. The third-order valence-corrected chi connectivity index (χ3v) is 9.43. The number of esters is 1. The van der Waals surface area contributed by atoms with Crippen molar-refractivity contribution in [1.82, 2.24) is 25.1 Å². The van der Waals surface area contributed by atoms with Gasteiger partial charge in [-0.2, -0.15) is 0 Å². The average Bonchev–Trinajstić information content (AvgIpc) is 3.43. The van der Waals surface area contributed by atoms with Crippen LogP contribution in [0.3, 0.4) is 0 Å². The van der Waals surface area contributed by atoms with Gasteiger partial charge in [0, 0.05) is 12.5 Å². The molecule has 228 valence electrons. The van der Waals surface area contributed by atoms with Crippen LogP contribution >= 0.6 is 11.6 Å². The van der Waals surface area contributed by atoms with Crippen LogP contribution in [0.4, 0.5) is 0 Å². The fraction of sp³-hybridized carbons (Fsp3) is 0.786. The number of sulfone groups is 1. The van der Waals surface area contributed by atoms with E-state index >= 15 is 0 Å². The Morgan fingerprint density at radius 3 is 2.27 bits per heavy atom. The minimum atomic E-state index is -3.31. The summed E-state index contributed by atoms with van der Waals surface area (Å²) in [5, 5.41) is 14.5. The highest BCUT2D eigenvalue weighted by molar-refractivity contribution is 7.91. The quantitative estimate of drug-likeness (QED) is 0.155. The maximum Gasteiger partial charge on any atom is 0.307 e. The number of hydrogen-bond acceptors (Lipinski definition) is 7. The number of fused-ring (bicyclic) bond motifs is 1. The number of H-pyrrole nitrogens is 1. The third-order valence-electron chi connectivity index (χ3n) is 7.06. The van der Waals surface area contributed by atoms with E-state index in [1.807, 2.05) is 20.8 Å². The molecule has 2 rings (SSSR count). The van der Waals surface area contributed by atoms with Crippen molar-refractivity contribution in [2.75, 3.05) is 24.7 Å². The van der Waals surface area contributed by atoms with Gasteiger partial charge in [0.1, 0.15) is 11.6 Å². The molecule has 2 aromatic heterocycles. The lowest BCUT2D eigenvalue weighted by Crippen LogP contribution is -2.35. The van der Waals surface area contributed by atoms with Gasteiger partial charge in [0.25, 0.3) is 0 Å². The van der Waals surface area contributed by atoms with Crippen molar-refractivity contribution in [3.8, 4) is 0 Å². The van der Waals surface area contributed by atoms with Crippen LogP contribution in [0.25, 0.3) is 5.65 Å². The summed E-state index contributed by atoms with van der Waals surface area (Å²) >= 11 is 6.22. The molecule has 0 saturated carbocycles. The number of aromatic amines is 1. The maximum atomic E-state index is 12.5. The van der Waals surface area contributed by atoms with Crippen molar-refractivity contribution in [2.24, 2.45) is 5.92 Å². The predicted octanol–water partition coefficient (Wildman–Crippen LogP) is 5.32. The lowest BCUT2D eigenvalue weighted by atomic mass is 9.94. The summed E-state index contributed by atoms with van der Waals surface area (Å²) < 4.78 is 32.0. The summed E-state index contributed by atoms with van der Waals surface area (Å²) in [7, 11) is -3.31. The first-order chi connectivity index (χ1) is 18.9. The zero-order valence-electron chi connectivity index (χ0n) is 24.9. The lowest BCUT2D eigenvalue weighted by Gasteiger charge is -2.21. The highest BCUT2D eigenvalue weighted by atomic mass is 35.5. The molecule has 0 radical (unpaired) electrons. The molecule has 2 N–H and O–H groups in total. The zero-order valence-corrected chi connectivity index (χ0v) is 26.4. The highest BCUT2D eigenvalue weighted by Crippen LogP contribution is 2.26. The smallest absolute Gasteiger partial charge is 0.307 e. The number of nitrogens with zero attached hydrogens (tertiary/aromatic N) is 3. The first-order valence-corrected chi connectivity index (χ1v) is 16.8. The van der Waals surface area contributed by atoms with Gasteiger partial charge in [-0.05, 0) is 27.2 Å². The van der Waals surface area contributed by atoms with Crippen LogP contribution in [0.15, 0.2) is 0 Å². The number of rotatable bonds is 20. The van der Waals surface area contributed by atoms with Crippen LogP contribution < -0.4 is 5.32 Å². The number of carbonyl (C=O) groups excluding carboxylic acids is 2. The van der Waals surface area contributed by atoms with E-state index < -0.39 is 27.1 Å². The van der Waals surface area contributed by atoms with Crippen molar-refractivity contribution < 1.29 is 22.7 Å². The second kappa shape index (κ2) is 16.3. The van der Waals surface area contributed by atoms with E-state index in [0.717, 1.165) is 25.0 Å². The van der Waals surface area contributed by atoms with E-state index in [-0.39, 0.29) is 37.0 Å². The molecule has 0 aromatic carbocycles. The van der Waals surface area contributed by atoms with E-state index in [9.17, 15) is 18.0 Å². The fourth-order valence-corrected chi connectivity index (χ4v) is 6.45.